The van der Waals surface area contributed by atoms with Crippen LogP contribution < -0.4 is 5.32 Å². The lowest BCUT2D eigenvalue weighted by Gasteiger charge is -2.17. The number of rotatable bonds is 12. The fraction of sp³-hybridized carbons (Fsp3) is 0.379. The zero-order valence-corrected chi connectivity index (χ0v) is 21.2. The van der Waals surface area contributed by atoms with Crippen molar-refractivity contribution in [1.82, 2.24) is 9.88 Å². The minimum absolute atomic E-state index is 0.0106. The van der Waals surface area contributed by atoms with Crippen LogP contribution in [0.15, 0.2) is 54.6 Å². The van der Waals surface area contributed by atoms with Gasteiger partial charge < -0.3 is 25.2 Å². The first kappa shape index (κ1) is 27.2. The summed E-state index contributed by atoms with van der Waals surface area (Å²) >= 11 is 0. The number of amides is 1. The zero-order chi connectivity index (χ0) is 26.2. The number of carboxylic acids is 1. The summed E-state index contributed by atoms with van der Waals surface area (Å²) < 4.78 is 2.07. The predicted octanol–water partition coefficient (Wildman–Crippen LogP) is 4.24. The van der Waals surface area contributed by atoms with Gasteiger partial charge >= 0.3 is 5.97 Å². The first-order valence-corrected chi connectivity index (χ1v) is 12.4. The number of nitrogens with zero attached hydrogens (tertiary/aromatic N) is 1. The standard InChI is InChI=1S/C29H36N2O5/c1-4-25-28(22-12-10-19(2)11-13-22)27(29(36)30-18-21-8-6-5-7-9-21)20(3)31(25)15-14-23(32)16-24(33)17-26(34)35/h5-13,23-24,32-33H,4,14-18H2,1-3H3,(H,30,36)(H,34,35)/t23-,24-/m1/s1. The highest BCUT2D eigenvalue weighted by Crippen LogP contribution is 2.34. The lowest BCUT2D eigenvalue weighted by Crippen LogP contribution is -2.24. The Hall–Kier alpha value is -3.42. The van der Waals surface area contributed by atoms with Crippen LogP contribution in [0.5, 0.6) is 0 Å². The van der Waals surface area contributed by atoms with Gasteiger partial charge in [-0.15, -0.1) is 0 Å². The Labute approximate surface area is 212 Å². The summed E-state index contributed by atoms with van der Waals surface area (Å²) in [5.41, 5.74) is 6.42. The van der Waals surface area contributed by atoms with Crippen molar-refractivity contribution in [3.05, 3.63) is 82.7 Å². The number of hydrogen-bond donors (Lipinski definition) is 4. The highest BCUT2D eigenvalue weighted by molar-refractivity contribution is 6.03. The molecule has 1 heterocycles. The predicted molar refractivity (Wildman–Crippen MR) is 140 cm³/mol. The molecule has 1 amide bonds. The number of benzene rings is 2. The molecule has 7 heteroatoms. The van der Waals surface area contributed by atoms with Crippen LogP contribution in [-0.2, 0) is 24.3 Å². The molecule has 0 spiro atoms. The summed E-state index contributed by atoms with van der Waals surface area (Å²) in [7, 11) is 0. The van der Waals surface area contributed by atoms with Crippen molar-refractivity contribution < 1.29 is 24.9 Å². The number of hydrogen-bond acceptors (Lipinski definition) is 4. The average Bonchev–Trinajstić information content (AvgIpc) is 3.13. The normalized spacial score (nSPS) is 12.8. The number of carboxylic acid groups (broad SMARTS) is 1. The molecule has 0 aliphatic heterocycles. The molecule has 0 unspecified atom stereocenters. The van der Waals surface area contributed by atoms with E-state index < -0.39 is 24.6 Å². The Kier molecular flexibility index (Phi) is 9.44. The third-order valence-electron chi connectivity index (χ3n) is 6.47. The molecule has 4 N–H and O–H groups in total. The highest BCUT2D eigenvalue weighted by Gasteiger charge is 2.26. The van der Waals surface area contributed by atoms with Crippen LogP contribution in [0.25, 0.3) is 11.1 Å². The minimum atomic E-state index is -1.10. The van der Waals surface area contributed by atoms with Crippen LogP contribution in [0.4, 0.5) is 0 Å². The molecule has 2 atom stereocenters. The molecule has 0 saturated carbocycles. The Bertz CT molecular complexity index is 1170. The van der Waals surface area contributed by atoms with Gasteiger partial charge in [-0.25, -0.2) is 0 Å². The summed E-state index contributed by atoms with van der Waals surface area (Å²) in [4.78, 5) is 24.3. The van der Waals surface area contributed by atoms with Gasteiger partial charge in [0.1, 0.15) is 0 Å². The molecule has 0 bridgehead atoms. The smallest absolute Gasteiger partial charge is 0.305 e. The number of aliphatic hydroxyl groups excluding tert-OH is 2. The van der Waals surface area contributed by atoms with E-state index in [1.807, 2.05) is 75.4 Å². The number of aliphatic carboxylic acids is 1. The topological polar surface area (TPSA) is 112 Å². The highest BCUT2D eigenvalue weighted by atomic mass is 16.4. The lowest BCUT2D eigenvalue weighted by atomic mass is 9.97. The Morgan fingerprint density at radius 2 is 1.64 bits per heavy atom. The van der Waals surface area contributed by atoms with E-state index in [1.165, 1.54) is 0 Å². The second kappa shape index (κ2) is 12.5. The second-order valence-electron chi connectivity index (χ2n) is 9.25. The van der Waals surface area contributed by atoms with Gasteiger partial charge in [0.25, 0.3) is 5.91 Å². The summed E-state index contributed by atoms with van der Waals surface area (Å²) in [6.07, 6.45) is -1.35. The van der Waals surface area contributed by atoms with Crippen molar-refractivity contribution in [2.45, 2.75) is 71.8 Å². The summed E-state index contributed by atoms with van der Waals surface area (Å²) in [5, 5.41) is 32.2. The summed E-state index contributed by atoms with van der Waals surface area (Å²) in [6, 6.07) is 17.9. The van der Waals surface area contributed by atoms with Crippen molar-refractivity contribution in [2.24, 2.45) is 0 Å². The molecule has 36 heavy (non-hydrogen) atoms. The van der Waals surface area contributed by atoms with Crippen LogP contribution in [0.3, 0.4) is 0 Å². The van der Waals surface area contributed by atoms with E-state index in [0.29, 0.717) is 31.5 Å². The molecule has 0 aliphatic rings. The van der Waals surface area contributed by atoms with Crippen LogP contribution in [0.1, 0.15) is 59.1 Å². The van der Waals surface area contributed by atoms with Crippen molar-refractivity contribution in [1.29, 1.82) is 0 Å². The molecule has 3 aromatic rings. The Morgan fingerprint density at radius 1 is 0.972 bits per heavy atom. The average molecular weight is 493 g/mol. The molecule has 2 aromatic carbocycles. The van der Waals surface area contributed by atoms with E-state index in [0.717, 1.165) is 33.6 Å². The number of carbonyl (C=O) groups excluding carboxylic acids is 1. The first-order valence-electron chi connectivity index (χ1n) is 12.4. The molecule has 0 saturated heterocycles. The molecular formula is C29H36N2O5. The maximum atomic E-state index is 13.5. The third-order valence-corrected chi connectivity index (χ3v) is 6.47. The molecule has 7 nitrogen and oxygen atoms in total. The number of aryl methyl sites for hydroxylation is 1. The maximum absolute atomic E-state index is 13.5. The second-order valence-corrected chi connectivity index (χ2v) is 9.25. The van der Waals surface area contributed by atoms with Crippen molar-refractivity contribution in [3.8, 4) is 11.1 Å². The van der Waals surface area contributed by atoms with Gasteiger partial charge in [0.2, 0.25) is 0 Å². The van der Waals surface area contributed by atoms with E-state index in [9.17, 15) is 19.8 Å². The van der Waals surface area contributed by atoms with E-state index in [-0.39, 0.29) is 12.3 Å². The van der Waals surface area contributed by atoms with Gasteiger partial charge in [-0.2, -0.15) is 0 Å². The fourth-order valence-electron chi connectivity index (χ4n) is 4.64. The monoisotopic (exact) mass is 492 g/mol. The molecule has 1 aromatic heterocycles. The Morgan fingerprint density at radius 3 is 2.25 bits per heavy atom. The summed E-state index contributed by atoms with van der Waals surface area (Å²) in [5.74, 6) is -1.25. The van der Waals surface area contributed by atoms with Crippen LogP contribution in [0, 0.1) is 13.8 Å². The number of aliphatic hydroxyl groups is 2. The van der Waals surface area contributed by atoms with E-state index >= 15 is 0 Å². The summed E-state index contributed by atoms with van der Waals surface area (Å²) in [6.45, 7) is 6.84. The zero-order valence-electron chi connectivity index (χ0n) is 21.2. The number of nitrogens with one attached hydrogen (secondary N) is 1. The Balaban J connectivity index is 1.92. The molecular weight excluding hydrogens is 456 g/mol. The molecule has 0 radical (unpaired) electrons. The van der Waals surface area contributed by atoms with Gasteiger partial charge in [0.05, 0.1) is 24.2 Å². The fourth-order valence-corrected chi connectivity index (χ4v) is 4.64. The van der Waals surface area contributed by atoms with E-state index in [1.54, 1.807) is 0 Å². The lowest BCUT2D eigenvalue weighted by molar-refractivity contribution is -0.139. The van der Waals surface area contributed by atoms with Gasteiger partial charge in [0.15, 0.2) is 0 Å². The molecule has 0 aliphatic carbocycles. The largest absolute Gasteiger partial charge is 0.481 e. The van der Waals surface area contributed by atoms with Crippen molar-refractivity contribution in [2.75, 3.05) is 0 Å². The number of carbonyl (C=O) groups is 2. The van der Waals surface area contributed by atoms with Gasteiger partial charge in [0, 0.05) is 30.0 Å². The van der Waals surface area contributed by atoms with Gasteiger partial charge in [-0.05, 0) is 44.2 Å². The molecule has 192 valence electrons. The maximum Gasteiger partial charge on any atom is 0.305 e. The van der Waals surface area contributed by atoms with E-state index in [2.05, 4.69) is 9.88 Å². The van der Waals surface area contributed by atoms with Crippen LogP contribution >= 0.6 is 0 Å². The van der Waals surface area contributed by atoms with Crippen LogP contribution in [-0.4, -0.2) is 44.0 Å². The molecule has 0 fully saturated rings. The SMILES string of the molecule is CCc1c(-c2ccc(C)cc2)c(C(=O)NCc2ccccc2)c(C)n1CC[C@@H](O)C[C@@H](O)CC(=O)O. The van der Waals surface area contributed by atoms with Crippen LogP contribution in [0.2, 0.25) is 0 Å². The van der Waals surface area contributed by atoms with Gasteiger partial charge in [-0.3, -0.25) is 9.59 Å². The third kappa shape index (κ3) is 6.83. The molecule has 3 rings (SSSR count). The van der Waals surface area contributed by atoms with Crippen molar-refractivity contribution in [3.63, 3.8) is 0 Å². The van der Waals surface area contributed by atoms with Crippen molar-refractivity contribution >= 4 is 11.9 Å². The minimum Gasteiger partial charge on any atom is -0.481 e. The van der Waals surface area contributed by atoms with E-state index in [4.69, 9.17) is 5.11 Å². The van der Waals surface area contributed by atoms with Gasteiger partial charge in [-0.1, -0.05) is 67.1 Å². The quantitative estimate of drug-likeness (QED) is 0.302. The number of aromatic nitrogens is 1. The first-order chi connectivity index (χ1) is 17.2.